The van der Waals surface area contributed by atoms with Crippen molar-refractivity contribution in [2.75, 3.05) is 0 Å². The zero-order valence-electron chi connectivity index (χ0n) is 16.6. The average molecular weight is 742 g/mol. The van der Waals surface area contributed by atoms with Gasteiger partial charge in [-0.05, 0) is 127 Å². The number of rotatable bonds is 2. The molecule has 2 aromatic carbocycles. The van der Waals surface area contributed by atoms with Crippen molar-refractivity contribution in [3.05, 3.63) is 67.1 Å². The van der Waals surface area contributed by atoms with E-state index >= 15 is 0 Å². The molecule has 0 bridgehead atoms. The summed E-state index contributed by atoms with van der Waals surface area (Å²) in [4.78, 5) is 3.72. The van der Waals surface area contributed by atoms with Crippen LogP contribution in [0.5, 0.6) is 0 Å². The third-order valence-electron chi connectivity index (χ3n) is 4.26. The summed E-state index contributed by atoms with van der Waals surface area (Å²) in [5.41, 5.74) is 20.1. The van der Waals surface area contributed by atoms with E-state index in [1.807, 2.05) is 12.1 Å². The molecule has 0 N–H and O–H groups in total. The van der Waals surface area contributed by atoms with E-state index in [9.17, 15) is 5.53 Å². The lowest BCUT2D eigenvalue weighted by atomic mass is 9.92. The van der Waals surface area contributed by atoms with Gasteiger partial charge in [-0.2, -0.15) is 4.79 Å². The van der Waals surface area contributed by atoms with Crippen molar-refractivity contribution in [3.8, 4) is 11.5 Å². The second kappa shape index (κ2) is 9.44. The molecule has 2 rings (SSSR count). The van der Waals surface area contributed by atoms with Crippen LogP contribution in [0.25, 0.3) is 5.53 Å². The molecule has 0 atom stereocenters. The molecule has 0 radical (unpaired) electrons. The number of hydrogen-bond acceptors (Lipinski definition) is 0. The molecule has 2 nitrogen and oxygen atoms in total. The number of benzene rings is 2. The van der Waals surface area contributed by atoms with Gasteiger partial charge in [0, 0.05) is 21.6 Å². The van der Waals surface area contributed by atoms with Gasteiger partial charge in [-0.25, -0.2) is 0 Å². The van der Waals surface area contributed by atoms with E-state index in [2.05, 4.69) is 134 Å². The van der Waals surface area contributed by atoms with E-state index in [-0.39, 0.29) is 0 Å². The second-order valence-corrected chi connectivity index (χ2v) is 16.3. The molecule has 2 aromatic rings. The highest BCUT2D eigenvalue weighted by atomic mass is 127. The Bertz CT molecular complexity index is 1030. The Morgan fingerprint density at radius 2 is 1.39 bits per heavy atom. The van der Waals surface area contributed by atoms with Crippen molar-refractivity contribution in [2.45, 2.75) is 40.4 Å². The molecule has 0 saturated carbocycles. The van der Waals surface area contributed by atoms with Crippen molar-refractivity contribution < 1.29 is 4.79 Å². The third-order valence-corrected chi connectivity index (χ3v) is 9.63. The van der Waals surface area contributed by atoms with Crippen LogP contribution in [0.1, 0.15) is 33.4 Å². The summed E-state index contributed by atoms with van der Waals surface area (Å²) in [7, 11) is -1.46. The normalized spacial score (nSPS) is 10.9. The Morgan fingerprint density at radius 1 is 0.929 bits per heavy atom. The predicted molar refractivity (Wildman–Crippen MR) is 145 cm³/mol. The Balaban J connectivity index is 2.75. The first-order chi connectivity index (χ1) is 12.9. The SMILES string of the molecule is Cc1c(I)c(C)c(C(=[N+]=[N-])c2c(Br)cc(C#C[Si](C)(C)C)cc2Br)c(C)c1I. The molecule has 0 aliphatic carbocycles. The van der Waals surface area contributed by atoms with E-state index in [0.29, 0.717) is 5.71 Å². The lowest BCUT2D eigenvalue weighted by Crippen LogP contribution is -2.16. The number of nitrogens with zero attached hydrogens (tertiary/aromatic N) is 2. The molecule has 0 unspecified atom stereocenters. The van der Waals surface area contributed by atoms with Crippen LogP contribution in [0.3, 0.4) is 0 Å². The Labute approximate surface area is 212 Å². The van der Waals surface area contributed by atoms with Gasteiger partial charge in [0.05, 0.1) is 11.1 Å². The maximum atomic E-state index is 9.98. The standard InChI is InChI=1S/C21H20Br2I2N2Si/c1-11-17(12(2)20(25)13(3)19(11)24)21(27-26)18-15(22)9-14(10-16(18)23)7-8-28(4,5)6/h9-10H,1-6H3. The molecular weight excluding hydrogens is 722 g/mol. The van der Waals surface area contributed by atoms with Crippen LogP contribution >= 0.6 is 77.0 Å². The fourth-order valence-corrected chi connectivity index (χ4v) is 6.55. The van der Waals surface area contributed by atoms with Crippen molar-refractivity contribution in [3.63, 3.8) is 0 Å². The largest absolute Gasteiger partial charge is 0.361 e. The smallest absolute Gasteiger partial charge is 0.332 e. The van der Waals surface area contributed by atoms with Gasteiger partial charge >= 0.3 is 5.71 Å². The van der Waals surface area contributed by atoms with Gasteiger partial charge in [0.15, 0.2) is 0 Å². The van der Waals surface area contributed by atoms with E-state index < -0.39 is 8.07 Å². The van der Waals surface area contributed by atoms with Crippen molar-refractivity contribution in [1.82, 2.24) is 0 Å². The molecule has 28 heavy (non-hydrogen) atoms. The first-order valence-corrected chi connectivity index (χ1v) is 15.8. The van der Waals surface area contributed by atoms with Gasteiger partial charge in [0.1, 0.15) is 8.07 Å². The van der Waals surface area contributed by atoms with Crippen LogP contribution in [-0.2, 0) is 0 Å². The van der Waals surface area contributed by atoms with E-state index in [1.165, 1.54) is 12.7 Å². The molecule has 0 amide bonds. The van der Waals surface area contributed by atoms with Crippen LogP contribution in [0.4, 0.5) is 0 Å². The topological polar surface area (TPSA) is 36.4 Å². The summed E-state index contributed by atoms with van der Waals surface area (Å²) in [6.45, 7) is 13.0. The molecule has 0 aliphatic rings. The predicted octanol–water partition coefficient (Wildman–Crippen LogP) is 7.64. The quantitative estimate of drug-likeness (QED) is 0.0759. The van der Waals surface area contributed by atoms with Gasteiger partial charge in [-0.3, -0.25) is 0 Å². The van der Waals surface area contributed by atoms with E-state index in [0.717, 1.165) is 36.8 Å². The van der Waals surface area contributed by atoms with Crippen LogP contribution in [0.2, 0.25) is 19.6 Å². The van der Waals surface area contributed by atoms with Crippen LogP contribution in [-0.4, -0.2) is 18.6 Å². The fourth-order valence-electron chi connectivity index (χ4n) is 2.87. The maximum absolute atomic E-state index is 9.98. The molecule has 146 valence electrons. The Kier molecular flexibility index (Phi) is 8.19. The summed E-state index contributed by atoms with van der Waals surface area (Å²) >= 11 is 12.1. The van der Waals surface area contributed by atoms with Crippen molar-refractivity contribution in [1.29, 1.82) is 0 Å². The maximum Gasteiger partial charge on any atom is 0.332 e. The summed E-state index contributed by atoms with van der Waals surface area (Å²) in [5.74, 6) is 3.29. The van der Waals surface area contributed by atoms with Crippen molar-refractivity contribution in [2.24, 2.45) is 0 Å². The minimum Gasteiger partial charge on any atom is -0.361 e. The van der Waals surface area contributed by atoms with Gasteiger partial charge in [0.25, 0.3) is 0 Å². The van der Waals surface area contributed by atoms with E-state index in [1.54, 1.807) is 0 Å². The molecule has 7 heteroatoms. The van der Waals surface area contributed by atoms with E-state index in [4.69, 9.17) is 0 Å². The van der Waals surface area contributed by atoms with Crippen LogP contribution < -0.4 is 0 Å². The molecule has 0 heterocycles. The minimum atomic E-state index is -1.46. The Hall–Kier alpha value is 0.0169. The van der Waals surface area contributed by atoms with Gasteiger partial charge in [-0.15, -0.1) is 5.54 Å². The van der Waals surface area contributed by atoms with Gasteiger partial charge in [0.2, 0.25) is 0 Å². The highest BCUT2D eigenvalue weighted by Crippen LogP contribution is 2.35. The molecule has 0 aromatic heterocycles. The van der Waals surface area contributed by atoms with Gasteiger partial charge in [-0.1, -0.05) is 25.6 Å². The molecule has 0 fully saturated rings. The molecule has 0 spiro atoms. The zero-order chi connectivity index (χ0) is 21.4. The highest BCUT2D eigenvalue weighted by molar-refractivity contribution is 14.1. The summed E-state index contributed by atoms with van der Waals surface area (Å²) < 4.78 is 4.07. The fraction of sp³-hybridized carbons (Fsp3) is 0.286. The first-order valence-electron chi connectivity index (χ1n) is 8.58. The Morgan fingerprint density at radius 3 is 1.79 bits per heavy atom. The van der Waals surface area contributed by atoms with Crippen LogP contribution in [0.15, 0.2) is 21.1 Å². The lowest BCUT2D eigenvalue weighted by molar-refractivity contribution is -0.00299. The molecular formula is C21H20Br2I2N2Si. The monoisotopic (exact) mass is 740 g/mol. The zero-order valence-corrected chi connectivity index (χ0v) is 25.0. The average Bonchev–Trinajstić information content (AvgIpc) is 2.60. The summed E-state index contributed by atoms with van der Waals surface area (Å²) in [6.07, 6.45) is 0. The lowest BCUT2D eigenvalue weighted by Gasteiger charge is -2.15. The first kappa shape index (κ1) is 24.3. The summed E-state index contributed by atoms with van der Waals surface area (Å²) in [5, 5.41) is 0. The van der Waals surface area contributed by atoms with Gasteiger partial charge < -0.3 is 5.53 Å². The van der Waals surface area contributed by atoms with Crippen molar-refractivity contribution >= 4 is 90.8 Å². The highest BCUT2D eigenvalue weighted by Gasteiger charge is 2.28. The molecule has 0 aliphatic heterocycles. The second-order valence-electron chi connectivity index (χ2n) is 7.64. The molecule has 0 saturated heterocycles. The van der Waals surface area contributed by atoms with Crippen LogP contribution in [0, 0.1) is 39.4 Å². The number of halogens is 4. The number of hydrogen-bond donors (Lipinski definition) is 0. The minimum absolute atomic E-state index is 0.550. The third kappa shape index (κ3) is 5.19. The summed E-state index contributed by atoms with van der Waals surface area (Å²) in [6, 6.07) is 3.99.